The lowest BCUT2D eigenvalue weighted by Crippen LogP contribution is -2.35. The first-order valence-corrected chi connectivity index (χ1v) is 9.39. The number of imidazole rings is 1. The minimum atomic E-state index is -0.640. The Morgan fingerprint density at radius 3 is 2.64 bits per heavy atom. The fourth-order valence-electron chi connectivity index (χ4n) is 3.78. The van der Waals surface area contributed by atoms with Crippen LogP contribution >= 0.6 is 0 Å². The molecule has 8 heteroatoms. The fourth-order valence-corrected chi connectivity index (χ4v) is 3.78. The van der Waals surface area contributed by atoms with E-state index in [-0.39, 0.29) is 11.6 Å². The number of likely N-dealkylation sites (tertiary alicyclic amines) is 1. The summed E-state index contributed by atoms with van der Waals surface area (Å²) in [4.78, 5) is 6.53. The smallest absolute Gasteiger partial charge is 0.151 e. The number of aliphatic hydroxyl groups excluding tert-OH is 1. The number of piperidine rings is 1. The molecule has 148 valence electrons. The zero-order chi connectivity index (χ0) is 19.7. The molecule has 3 heterocycles. The van der Waals surface area contributed by atoms with Crippen molar-refractivity contribution in [1.82, 2.24) is 24.2 Å². The highest BCUT2D eigenvalue weighted by Gasteiger charge is 2.28. The molecule has 1 atom stereocenters. The highest BCUT2D eigenvalue weighted by atomic mass is 19.1. The van der Waals surface area contributed by atoms with Gasteiger partial charge in [0.15, 0.2) is 5.82 Å². The van der Waals surface area contributed by atoms with Crippen molar-refractivity contribution in [2.45, 2.75) is 25.5 Å². The standard InChI is InChI=1S/C20H23F2N5O/c1-25-11-7-23-20(25)19(28)14-4-8-26(9-5-14)13-16-6-10-27(24-16)18-3-2-15(21)12-17(18)22/h2-3,6-7,10-12,14,19,28H,4-5,8-9,13H2,1H3/t19-/m1/s1. The highest BCUT2D eigenvalue weighted by molar-refractivity contribution is 5.33. The summed E-state index contributed by atoms with van der Waals surface area (Å²) in [5.41, 5.74) is 1.05. The summed E-state index contributed by atoms with van der Waals surface area (Å²) < 4.78 is 30.3. The number of aryl methyl sites for hydroxylation is 1. The Balaban J connectivity index is 1.35. The lowest BCUT2D eigenvalue weighted by atomic mass is 9.90. The molecule has 1 fully saturated rings. The van der Waals surface area contributed by atoms with Crippen LogP contribution in [0.1, 0.15) is 30.5 Å². The highest BCUT2D eigenvalue weighted by Crippen LogP contribution is 2.30. The predicted octanol–water partition coefficient (Wildman–Crippen LogP) is 2.83. The molecule has 1 aliphatic heterocycles. The van der Waals surface area contributed by atoms with Crippen LogP contribution in [-0.4, -0.2) is 42.4 Å². The van der Waals surface area contributed by atoms with Crippen LogP contribution in [-0.2, 0) is 13.6 Å². The van der Waals surface area contributed by atoms with Gasteiger partial charge in [-0.15, -0.1) is 0 Å². The van der Waals surface area contributed by atoms with E-state index in [0.717, 1.165) is 37.7 Å². The van der Waals surface area contributed by atoms with E-state index in [1.165, 1.54) is 16.8 Å². The molecule has 6 nitrogen and oxygen atoms in total. The quantitative estimate of drug-likeness (QED) is 0.731. The number of nitrogens with zero attached hydrogens (tertiary/aromatic N) is 5. The van der Waals surface area contributed by atoms with E-state index in [0.29, 0.717) is 12.4 Å². The van der Waals surface area contributed by atoms with Crippen molar-refractivity contribution in [2.75, 3.05) is 13.1 Å². The molecule has 1 aliphatic rings. The number of hydrogen-bond donors (Lipinski definition) is 1. The second-order valence-electron chi connectivity index (χ2n) is 7.30. The molecule has 4 rings (SSSR count). The maximum Gasteiger partial charge on any atom is 0.151 e. The molecule has 0 radical (unpaired) electrons. The third-order valence-electron chi connectivity index (χ3n) is 5.39. The zero-order valence-electron chi connectivity index (χ0n) is 15.7. The van der Waals surface area contributed by atoms with E-state index in [2.05, 4.69) is 15.0 Å². The molecule has 0 bridgehead atoms. The van der Waals surface area contributed by atoms with Gasteiger partial charge < -0.3 is 9.67 Å². The average molecular weight is 387 g/mol. The Morgan fingerprint density at radius 1 is 1.18 bits per heavy atom. The van der Waals surface area contributed by atoms with Gasteiger partial charge >= 0.3 is 0 Å². The molecule has 0 aliphatic carbocycles. The summed E-state index contributed by atoms with van der Waals surface area (Å²) in [5, 5.41) is 15.0. The van der Waals surface area contributed by atoms with Crippen molar-refractivity contribution in [3.05, 3.63) is 66.0 Å². The van der Waals surface area contributed by atoms with Crippen LogP contribution in [0, 0.1) is 17.6 Å². The van der Waals surface area contributed by atoms with Crippen molar-refractivity contribution >= 4 is 0 Å². The van der Waals surface area contributed by atoms with Crippen molar-refractivity contribution in [1.29, 1.82) is 0 Å². The van der Waals surface area contributed by atoms with E-state index in [1.807, 2.05) is 23.9 Å². The van der Waals surface area contributed by atoms with Crippen LogP contribution < -0.4 is 0 Å². The topological polar surface area (TPSA) is 59.1 Å². The van der Waals surface area contributed by atoms with Gasteiger partial charge in [0.2, 0.25) is 0 Å². The molecule has 0 saturated carbocycles. The number of aromatic nitrogens is 4. The van der Waals surface area contributed by atoms with Crippen LogP contribution in [0.3, 0.4) is 0 Å². The summed E-state index contributed by atoms with van der Waals surface area (Å²) >= 11 is 0. The van der Waals surface area contributed by atoms with Crippen LogP contribution in [0.4, 0.5) is 8.78 Å². The van der Waals surface area contributed by atoms with Crippen molar-refractivity contribution in [2.24, 2.45) is 13.0 Å². The SMILES string of the molecule is Cn1ccnc1[C@H](O)C1CCN(Cc2ccn(-c3ccc(F)cc3F)n2)CC1. The zero-order valence-corrected chi connectivity index (χ0v) is 15.7. The number of aliphatic hydroxyl groups is 1. The lowest BCUT2D eigenvalue weighted by Gasteiger charge is -2.33. The van der Waals surface area contributed by atoms with Crippen molar-refractivity contribution in [3.63, 3.8) is 0 Å². The third-order valence-corrected chi connectivity index (χ3v) is 5.39. The summed E-state index contributed by atoms with van der Waals surface area (Å²) in [5.74, 6) is -0.357. The Morgan fingerprint density at radius 2 is 1.96 bits per heavy atom. The maximum atomic E-state index is 13.9. The number of benzene rings is 1. The van der Waals surface area contributed by atoms with E-state index in [4.69, 9.17) is 0 Å². The van der Waals surface area contributed by atoms with Gasteiger partial charge in [0.05, 0.1) is 5.69 Å². The molecule has 1 saturated heterocycles. The van der Waals surface area contributed by atoms with Crippen LogP contribution in [0.2, 0.25) is 0 Å². The van der Waals surface area contributed by atoms with Gasteiger partial charge in [0.1, 0.15) is 23.4 Å². The van der Waals surface area contributed by atoms with Crippen LogP contribution in [0.5, 0.6) is 0 Å². The van der Waals surface area contributed by atoms with Gasteiger partial charge in [0, 0.05) is 38.2 Å². The largest absolute Gasteiger partial charge is 0.385 e. The van der Waals surface area contributed by atoms with E-state index in [9.17, 15) is 13.9 Å². The van der Waals surface area contributed by atoms with Crippen LogP contribution in [0.15, 0.2) is 42.9 Å². The minimum Gasteiger partial charge on any atom is -0.385 e. The Hall–Kier alpha value is -2.58. The first kappa shape index (κ1) is 18.8. The molecule has 1 aromatic carbocycles. The molecule has 1 N–H and O–H groups in total. The molecule has 0 amide bonds. The summed E-state index contributed by atoms with van der Waals surface area (Å²) in [6.07, 6.45) is 6.43. The molecular formula is C20H23F2N5O. The van der Waals surface area contributed by atoms with Crippen LogP contribution in [0.25, 0.3) is 5.69 Å². The average Bonchev–Trinajstić information content (AvgIpc) is 3.31. The van der Waals surface area contributed by atoms with Gasteiger partial charge in [-0.2, -0.15) is 5.10 Å². The Labute approximate surface area is 162 Å². The minimum absolute atomic E-state index is 0.184. The van der Waals surface area contributed by atoms with E-state index in [1.54, 1.807) is 12.4 Å². The molecular weight excluding hydrogens is 364 g/mol. The van der Waals surface area contributed by atoms with Crippen molar-refractivity contribution < 1.29 is 13.9 Å². The molecule has 0 spiro atoms. The van der Waals surface area contributed by atoms with Gasteiger partial charge in [0.25, 0.3) is 0 Å². The lowest BCUT2D eigenvalue weighted by molar-refractivity contribution is 0.0489. The second-order valence-corrected chi connectivity index (χ2v) is 7.30. The molecule has 0 unspecified atom stereocenters. The van der Waals surface area contributed by atoms with Gasteiger partial charge in [-0.1, -0.05) is 0 Å². The number of halogens is 2. The fraction of sp³-hybridized carbons (Fsp3) is 0.400. The monoisotopic (exact) mass is 387 g/mol. The molecule has 3 aromatic rings. The Bertz CT molecular complexity index is 946. The number of hydrogen-bond acceptors (Lipinski definition) is 4. The summed E-state index contributed by atoms with van der Waals surface area (Å²) in [6, 6.07) is 5.30. The normalized spacial score (nSPS) is 17.1. The maximum absolute atomic E-state index is 13.9. The summed E-state index contributed by atoms with van der Waals surface area (Å²) in [7, 11) is 1.89. The third kappa shape index (κ3) is 3.83. The summed E-state index contributed by atoms with van der Waals surface area (Å²) in [6.45, 7) is 2.36. The van der Waals surface area contributed by atoms with Crippen molar-refractivity contribution in [3.8, 4) is 5.69 Å². The van der Waals surface area contributed by atoms with Gasteiger partial charge in [-0.3, -0.25) is 4.90 Å². The molecule has 28 heavy (non-hydrogen) atoms. The molecule has 2 aromatic heterocycles. The first-order valence-electron chi connectivity index (χ1n) is 9.39. The Kier molecular flexibility index (Phi) is 5.23. The van der Waals surface area contributed by atoms with Gasteiger partial charge in [-0.25, -0.2) is 18.4 Å². The first-order chi connectivity index (χ1) is 13.5. The predicted molar refractivity (Wildman–Crippen MR) is 99.6 cm³/mol. The van der Waals surface area contributed by atoms with Gasteiger partial charge in [-0.05, 0) is 50.0 Å². The second kappa shape index (κ2) is 7.81. The van der Waals surface area contributed by atoms with E-state index >= 15 is 0 Å². The number of rotatable bonds is 5. The van der Waals surface area contributed by atoms with E-state index < -0.39 is 17.7 Å².